The van der Waals surface area contributed by atoms with E-state index in [1.807, 2.05) is 64.8 Å². The molecule has 1 N–H and O–H groups in total. The van der Waals surface area contributed by atoms with Crippen LogP contribution in [0.5, 0.6) is 0 Å². The molecule has 0 unspecified atom stereocenters. The Morgan fingerprint density at radius 2 is 1.81 bits per heavy atom. The Bertz CT molecular complexity index is 1410. The molecule has 0 aliphatic carbocycles. The first-order valence-corrected chi connectivity index (χ1v) is 12.3. The van der Waals surface area contributed by atoms with Gasteiger partial charge in [0.25, 0.3) is 0 Å². The summed E-state index contributed by atoms with van der Waals surface area (Å²) in [5.74, 6) is -0.0302. The van der Waals surface area contributed by atoms with Gasteiger partial charge in [0, 0.05) is 11.8 Å². The third kappa shape index (κ3) is 4.60. The van der Waals surface area contributed by atoms with Gasteiger partial charge in [0.1, 0.15) is 18.2 Å². The van der Waals surface area contributed by atoms with Crippen LogP contribution in [0.25, 0.3) is 11.5 Å². The Balaban J connectivity index is 1.67. The van der Waals surface area contributed by atoms with E-state index in [2.05, 4.69) is 5.32 Å². The fourth-order valence-corrected chi connectivity index (χ4v) is 4.81. The van der Waals surface area contributed by atoms with E-state index >= 15 is 0 Å². The molecule has 1 atom stereocenters. The van der Waals surface area contributed by atoms with Gasteiger partial charge in [-0.1, -0.05) is 37.3 Å². The highest BCUT2D eigenvalue weighted by Gasteiger charge is 2.36. The van der Waals surface area contributed by atoms with Crippen LogP contribution < -0.4 is 5.32 Å². The van der Waals surface area contributed by atoms with E-state index in [1.54, 1.807) is 24.0 Å². The van der Waals surface area contributed by atoms with Crippen LogP contribution in [-0.4, -0.2) is 44.4 Å². The first-order chi connectivity index (χ1) is 18.0. The summed E-state index contributed by atoms with van der Waals surface area (Å²) in [6.07, 6.45) is 2.61. The number of carbonyl (C=O) groups excluding carboxylic acids is 2. The van der Waals surface area contributed by atoms with E-state index < -0.39 is 18.0 Å². The molecule has 1 aliphatic heterocycles. The zero-order chi connectivity index (χ0) is 25.9. The Labute approximate surface area is 214 Å². The molecule has 0 radical (unpaired) electrons. The molecular formula is C28H28FN5O3. The van der Waals surface area contributed by atoms with Gasteiger partial charge in [-0.25, -0.2) is 13.9 Å². The zero-order valence-electron chi connectivity index (χ0n) is 20.7. The lowest BCUT2D eigenvalue weighted by molar-refractivity contribution is -0.141. The number of urea groups is 1. The van der Waals surface area contributed by atoms with Crippen LogP contribution >= 0.6 is 0 Å². The highest BCUT2D eigenvalue weighted by molar-refractivity contribution is 5.81. The quantitative estimate of drug-likeness (QED) is 0.393. The van der Waals surface area contributed by atoms with Crippen molar-refractivity contribution in [3.8, 4) is 11.5 Å². The molecule has 0 spiro atoms. The number of benzene rings is 2. The third-order valence-corrected chi connectivity index (χ3v) is 6.44. The number of rotatable bonds is 6. The van der Waals surface area contributed by atoms with Crippen molar-refractivity contribution < 1.29 is 18.7 Å². The van der Waals surface area contributed by atoms with Crippen molar-refractivity contribution >= 4 is 12.0 Å². The van der Waals surface area contributed by atoms with Crippen molar-refractivity contribution in [3.63, 3.8) is 0 Å². The van der Waals surface area contributed by atoms with E-state index in [-0.39, 0.29) is 25.5 Å². The number of fused-ring (bicyclic) bond motifs is 3. The summed E-state index contributed by atoms with van der Waals surface area (Å²) in [7, 11) is 0. The first-order valence-electron chi connectivity index (χ1n) is 12.3. The number of ether oxygens (including phenoxy) is 1. The predicted octanol–water partition coefficient (Wildman–Crippen LogP) is 4.54. The van der Waals surface area contributed by atoms with Crippen LogP contribution in [0, 0.1) is 5.82 Å². The number of carbonyl (C=O) groups is 2. The van der Waals surface area contributed by atoms with Crippen molar-refractivity contribution in [2.75, 3.05) is 13.2 Å². The number of nitrogens with one attached hydrogen (secondary N) is 1. The number of para-hydroxylation sites is 1. The highest BCUT2D eigenvalue weighted by atomic mass is 19.1. The summed E-state index contributed by atoms with van der Waals surface area (Å²) in [5.41, 5.74) is 4.23. The highest BCUT2D eigenvalue weighted by Crippen LogP contribution is 2.38. The lowest BCUT2D eigenvalue weighted by Crippen LogP contribution is -2.44. The fraction of sp³-hybridized carbons (Fsp3) is 0.250. The molecule has 4 aromatic rings. The van der Waals surface area contributed by atoms with Crippen LogP contribution in [0.1, 0.15) is 42.4 Å². The minimum atomic E-state index is -0.542. The maximum absolute atomic E-state index is 13.9. The van der Waals surface area contributed by atoms with Crippen LogP contribution in [0.4, 0.5) is 9.18 Å². The minimum absolute atomic E-state index is 0.228. The van der Waals surface area contributed by atoms with E-state index in [9.17, 15) is 14.0 Å². The van der Waals surface area contributed by atoms with Crippen LogP contribution in [0.2, 0.25) is 0 Å². The molecule has 190 valence electrons. The van der Waals surface area contributed by atoms with E-state index in [0.29, 0.717) is 6.42 Å². The molecule has 37 heavy (non-hydrogen) atoms. The molecule has 0 fully saturated rings. The summed E-state index contributed by atoms with van der Waals surface area (Å²) in [4.78, 5) is 27.3. The Kier molecular flexibility index (Phi) is 6.76. The topological polar surface area (TPSA) is 81.4 Å². The molecule has 2 aromatic heterocycles. The first kappa shape index (κ1) is 24.3. The minimum Gasteiger partial charge on any atom is -0.465 e. The third-order valence-electron chi connectivity index (χ3n) is 6.44. The maximum Gasteiger partial charge on any atom is 0.325 e. The zero-order valence-corrected chi connectivity index (χ0v) is 20.7. The van der Waals surface area contributed by atoms with Gasteiger partial charge in [0.2, 0.25) is 0 Å². The van der Waals surface area contributed by atoms with Crippen LogP contribution in [0.15, 0.2) is 72.9 Å². The number of aryl methyl sites for hydroxylation is 1. The van der Waals surface area contributed by atoms with Gasteiger partial charge in [0.05, 0.1) is 36.3 Å². The van der Waals surface area contributed by atoms with Gasteiger partial charge in [-0.15, -0.1) is 0 Å². The molecule has 5 rings (SSSR count). The van der Waals surface area contributed by atoms with E-state index in [0.717, 1.165) is 34.0 Å². The average molecular weight is 502 g/mol. The largest absolute Gasteiger partial charge is 0.465 e. The second kappa shape index (κ2) is 10.3. The molecular weight excluding hydrogens is 473 g/mol. The number of nitrogens with zero attached hydrogens (tertiary/aromatic N) is 4. The van der Waals surface area contributed by atoms with E-state index in [1.165, 1.54) is 12.1 Å². The van der Waals surface area contributed by atoms with Gasteiger partial charge < -0.3 is 19.5 Å². The molecule has 0 saturated heterocycles. The van der Waals surface area contributed by atoms with Gasteiger partial charge in [0.15, 0.2) is 0 Å². The van der Waals surface area contributed by atoms with Gasteiger partial charge in [-0.3, -0.25) is 4.79 Å². The Morgan fingerprint density at radius 1 is 1.05 bits per heavy atom. The second-order valence-corrected chi connectivity index (χ2v) is 8.70. The standard InChI is InChI=1S/C28H28FN5O3/c1-3-23-22-18-33(28(36)30-17-25(35)37-4-2)26(19-12-14-20(29)15-13-19)24-11-8-16-32(24)27(22)34(31-23)21-9-6-5-7-10-21/h5-16,26H,3-4,17-18H2,1-2H3,(H,30,36)/t26-/m0/s1. The number of halogens is 1. The van der Waals surface area contributed by atoms with Gasteiger partial charge >= 0.3 is 12.0 Å². The molecule has 3 heterocycles. The lowest BCUT2D eigenvalue weighted by atomic mass is 10.0. The summed E-state index contributed by atoms with van der Waals surface area (Å²) < 4.78 is 22.8. The SMILES string of the molecule is CCOC(=O)CNC(=O)N1Cc2c(CC)nn(-c3ccccc3)c2-n2cccc2[C@@H]1c1ccc(F)cc1. The molecule has 1 aliphatic rings. The number of amides is 2. The number of esters is 1. The second-order valence-electron chi connectivity index (χ2n) is 8.70. The Hall–Kier alpha value is -4.40. The molecule has 2 aromatic carbocycles. The fourth-order valence-electron chi connectivity index (χ4n) is 4.81. The molecule has 9 heteroatoms. The number of hydrogen-bond donors (Lipinski definition) is 1. The van der Waals surface area contributed by atoms with Crippen molar-refractivity contribution in [3.05, 3.63) is 101 Å². The maximum atomic E-state index is 13.9. The Morgan fingerprint density at radius 3 is 2.51 bits per heavy atom. The lowest BCUT2D eigenvalue weighted by Gasteiger charge is -2.31. The molecule has 8 nitrogen and oxygen atoms in total. The van der Waals surface area contributed by atoms with Gasteiger partial charge in [-0.2, -0.15) is 5.10 Å². The summed E-state index contributed by atoms with van der Waals surface area (Å²) in [5, 5.41) is 7.62. The molecule has 0 saturated carbocycles. The van der Waals surface area contributed by atoms with Crippen molar-refractivity contribution in [2.45, 2.75) is 32.9 Å². The van der Waals surface area contributed by atoms with Crippen LogP contribution in [-0.2, 0) is 22.5 Å². The molecule has 0 bridgehead atoms. The van der Waals surface area contributed by atoms with Crippen molar-refractivity contribution in [2.24, 2.45) is 0 Å². The number of aromatic nitrogens is 3. The van der Waals surface area contributed by atoms with Crippen molar-refractivity contribution in [1.29, 1.82) is 0 Å². The summed E-state index contributed by atoms with van der Waals surface area (Å²) in [6, 6.07) is 18.9. The van der Waals surface area contributed by atoms with Crippen LogP contribution in [0.3, 0.4) is 0 Å². The molecule has 2 amide bonds. The predicted molar refractivity (Wildman–Crippen MR) is 136 cm³/mol. The van der Waals surface area contributed by atoms with Gasteiger partial charge in [-0.05, 0) is 55.3 Å². The average Bonchev–Trinajstić information content (AvgIpc) is 3.50. The number of hydrogen-bond acceptors (Lipinski definition) is 4. The summed E-state index contributed by atoms with van der Waals surface area (Å²) >= 11 is 0. The summed E-state index contributed by atoms with van der Waals surface area (Å²) in [6.45, 7) is 3.96. The smallest absolute Gasteiger partial charge is 0.325 e. The normalized spacial score (nSPS) is 14.5. The van der Waals surface area contributed by atoms with E-state index in [4.69, 9.17) is 9.84 Å². The van der Waals surface area contributed by atoms with Crippen molar-refractivity contribution in [1.82, 2.24) is 24.6 Å². The monoisotopic (exact) mass is 501 g/mol.